The zero-order chi connectivity index (χ0) is 16.4. The number of halogens is 1. The maximum absolute atomic E-state index is 13.2. The summed E-state index contributed by atoms with van der Waals surface area (Å²) >= 11 is 0. The molecule has 1 aromatic carbocycles. The number of hydrogen-bond donors (Lipinski definition) is 2. The molecule has 0 radical (unpaired) electrons. The lowest BCUT2D eigenvalue weighted by Gasteiger charge is -2.13. The van der Waals surface area contributed by atoms with Crippen LogP contribution in [0.5, 0.6) is 0 Å². The minimum Gasteiger partial charge on any atom is -0.350 e. The molecule has 1 saturated heterocycles. The number of fused-ring (bicyclic) bond motifs is 1. The maximum atomic E-state index is 13.2. The lowest BCUT2D eigenvalue weighted by Crippen LogP contribution is -2.37. The normalized spacial score (nSPS) is 20.8. The lowest BCUT2D eigenvalue weighted by atomic mass is 10.0. The number of amides is 1. The van der Waals surface area contributed by atoms with Gasteiger partial charge in [0, 0.05) is 30.2 Å². The Balaban J connectivity index is 1.83. The highest BCUT2D eigenvalue weighted by molar-refractivity contribution is 6.06. The molecule has 2 atom stereocenters. The number of carbonyl (C=O) groups is 1. The highest BCUT2D eigenvalue weighted by Crippen LogP contribution is 2.21. The number of carbonyl (C=O) groups excluding carboxylic acids is 1. The summed E-state index contributed by atoms with van der Waals surface area (Å²) in [6.45, 7) is 4.78. The Morgan fingerprint density at radius 1 is 1.43 bits per heavy atom. The molecule has 2 heterocycles. The van der Waals surface area contributed by atoms with E-state index in [1.165, 1.54) is 5.56 Å². The van der Waals surface area contributed by atoms with Gasteiger partial charge >= 0.3 is 0 Å². The molecule has 2 aromatic rings. The van der Waals surface area contributed by atoms with Gasteiger partial charge in [-0.05, 0) is 43.5 Å². The van der Waals surface area contributed by atoms with E-state index in [1.54, 1.807) is 0 Å². The molecule has 1 fully saturated rings. The van der Waals surface area contributed by atoms with Crippen molar-refractivity contribution in [2.24, 2.45) is 0 Å². The van der Waals surface area contributed by atoms with Crippen LogP contribution in [0.25, 0.3) is 10.9 Å². The topological polar surface area (TPSA) is 54.0 Å². The van der Waals surface area contributed by atoms with E-state index in [0.717, 1.165) is 23.0 Å². The van der Waals surface area contributed by atoms with Crippen LogP contribution in [-0.4, -0.2) is 36.2 Å². The van der Waals surface area contributed by atoms with Crippen molar-refractivity contribution in [1.82, 2.24) is 15.6 Å². The maximum Gasteiger partial charge on any atom is 0.252 e. The summed E-state index contributed by atoms with van der Waals surface area (Å²) in [6.07, 6.45) is 0.554. The van der Waals surface area contributed by atoms with Crippen molar-refractivity contribution in [3.05, 3.63) is 41.1 Å². The van der Waals surface area contributed by atoms with Crippen molar-refractivity contribution in [3.63, 3.8) is 0 Å². The highest BCUT2D eigenvalue weighted by Gasteiger charge is 2.24. The molecule has 1 aliphatic rings. The van der Waals surface area contributed by atoms with E-state index in [9.17, 15) is 9.18 Å². The Kier molecular flexibility index (Phi) is 4.57. The van der Waals surface area contributed by atoms with Crippen molar-refractivity contribution >= 4 is 16.8 Å². The van der Waals surface area contributed by atoms with E-state index in [4.69, 9.17) is 0 Å². The first-order chi connectivity index (χ1) is 11.1. The van der Waals surface area contributed by atoms with Gasteiger partial charge in [-0.2, -0.15) is 0 Å². The van der Waals surface area contributed by atoms with Gasteiger partial charge in [0.2, 0.25) is 0 Å². The third-order valence-electron chi connectivity index (χ3n) is 4.33. The molecule has 2 unspecified atom stereocenters. The van der Waals surface area contributed by atoms with E-state index in [1.807, 2.05) is 31.2 Å². The molecule has 2 N–H and O–H groups in total. The molecular weight excluding hydrogens is 293 g/mol. The van der Waals surface area contributed by atoms with Crippen LogP contribution in [0.1, 0.15) is 35.0 Å². The van der Waals surface area contributed by atoms with Crippen molar-refractivity contribution in [2.45, 2.75) is 38.9 Å². The molecule has 5 heteroatoms. The first-order valence-corrected chi connectivity index (χ1v) is 8.12. The first-order valence-electron chi connectivity index (χ1n) is 8.12. The molecule has 0 spiro atoms. The summed E-state index contributed by atoms with van der Waals surface area (Å²) in [5.74, 6) is -0.127. The SMILES string of the molecule is CCc1ccc2nc(C)cc(C(=O)NCC3CC(F)CN3)c2c1. The van der Waals surface area contributed by atoms with E-state index in [-0.39, 0.29) is 11.9 Å². The Morgan fingerprint density at radius 2 is 2.26 bits per heavy atom. The van der Waals surface area contributed by atoms with Crippen molar-refractivity contribution in [3.8, 4) is 0 Å². The number of rotatable bonds is 4. The van der Waals surface area contributed by atoms with Crippen LogP contribution in [0, 0.1) is 6.92 Å². The Hall–Kier alpha value is -2.01. The zero-order valence-electron chi connectivity index (χ0n) is 13.5. The molecule has 23 heavy (non-hydrogen) atoms. The highest BCUT2D eigenvalue weighted by atomic mass is 19.1. The molecule has 1 aromatic heterocycles. The molecule has 0 bridgehead atoms. The second-order valence-corrected chi connectivity index (χ2v) is 6.16. The quantitative estimate of drug-likeness (QED) is 0.911. The van der Waals surface area contributed by atoms with Gasteiger partial charge in [-0.3, -0.25) is 9.78 Å². The fourth-order valence-corrected chi connectivity index (χ4v) is 3.05. The number of nitrogens with one attached hydrogen (secondary N) is 2. The second kappa shape index (κ2) is 6.62. The fourth-order valence-electron chi connectivity index (χ4n) is 3.05. The number of hydrogen-bond acceptors (Lipinski definition) is 3. The average Bonchev–Trinajstić information content (AvgIpc) is 2.96. The predicted molar refractivity (Wildman–Crippen MR) is 89.5 cm³/mol. The Labute approximate surface area is 135 Å². The molecular formula is C18H22FN3O. The summed E-state index contributed by atoms with van der Waals surface area (Å²) in [5, 5.41) is 6.87. The van der Waals surface area contributed by atoms with Crippen LogP contribution < -0.4 is 10.6 Å². The average molecular weight is 315 g/mol. The van der Waals surface area contributed by atoms with Gasteiger partial charge in [0.1, 0.15) is 6.17 Å². The molecule has 0 saturated carbocycles. The number of nitrogens with zero attached hydrogens (tertiary/aromatic N) is 1. The molecule has 0 aliphatic carbocycles. The van der Waals surface area contributed by atoms with E-state index in [2.05, 4.69) is 22.5 Å². The minimum atomic E-state index is -0.812. The van der Waals surface area contributed by atoms with Gasteiger partial charge in [-0.25, -0.2) is 4.39 Å². The third-order valence-corrected chi connectivity index (χ3v) is 4.33. The minimum absolute atomic E-state index is 0.00866. The van der Waals surface area contributed by atoms with Gasteiger partial charge in [0.05, 0.1) is 11.1 Å². The second-order valence-electron chi connectivity index (χ2n) is 6.16. The van der Waals surface area contributed by atoms with Crippen molar-refractivity contribution in [1.29, 1.82) is 0 Å². The molecule has 122 valence electrons. The number of benzene rings is 1. The number of pyridine rings is 1. The largest absolute Gasteiger partial charge is 0.350 e. The summed E-state index contributed by atoms with van der Waals surface area (Å²) in [6, 6.07) is 7.86. The molecule has 1 aliphatic heterocycles. The molecule has 4 nitrogen and oxygen atoms in total. The van der Waals surface area contributed by atoms with Gasteiger partial charge in [0.15, 0.2) is 0 Å². The van der Waals surface area contributed by atoms with Crippen LogP contribution in [0.4, 0.5) is 4.39 Å². The molecule has 3 rings (SSSR count). The predicted octanol–water partition coefficient (Wildman–Crippen LogP) is 2.54. The fraction of sp³-hybridized carbons (Fsp3) is 0.444. The van der Waals surface area contributed by atoms with E-state index < -0.39 is 6.17 Å². The van der Waals surface area contributed by atoms with Crippen molar-refractivity contribution in [2.75, 3.05) is 13.1 Å². The van der Waals surface area contributed by atoms with Gasteiger partial charge in [-0.15, -0.1) is 0 Å². The van der Waals surface area contributed by atoms with Gasteiger partial charge in [0.25, 0.3) is 5.91 Å². The van der Waals surface area contributed by atoms with Gasteiger partial charge in [-0.1, -0.05) is 13.0 Å². The van der Waals surface area contributed by atoms with Crippen LogP contribution in [0.3, 0.4) is 0 Å². The third kappa shape index (κ3) is 3.50. The number of aryl methyl sites for hydroxylation is 2. The lowest BCUT2D eigenvalue weighted by molar-refractivity contribution is 0.0951. The van der Waals surface area contributed by atoms with Crippen molar-refractivity contribution < 1.29 is 9.18 Å². The zero-order valence-corrected chi connectivity index (χ0v) is 13.5. The Bertz CT molecular complexity index is 732. The molecule has 1 amide bonds. The Morgan fingerprint density at radius 3 is 2.96 bits per heavy atom. The van der Waals surface area contributed by atoms with Crippen LogP contribution in [0.2, 0.25) is 0 Å². The number of aromatic nitrogens is 1. The van der Waals surface area contributed by atoms with Crippen LogP contribution >= 0.6 is 0 Å². The van der Waals surface area contributed by atoms with E-state index >= 15 is 0 Å². The standard InChI is InChI=1S/C18H22FN3O/c1-3-12-4-5-17-15(7-12)16(6-11(2)22-17)18(23)21-10-14-8-13(19)9-20-14/h4-7,13-14,20H,3,8-10H2,1-2H3,(H,21,23). The van der Waals surface area contributed by atoms with E-state index in [0.29, 0.717) is 25.1 Å². The summed E-state index contributed by atoms with van der Waals surface area (Å²) < 4.78 is 13.2. The summed E-state index contributed by atoms with van der Waals surface area (Å²) in [5.41, 5.74) is 3.46. The monoisotopic (exact) mass is 315 g/mol. The van der Waals surface area contributed by atoms with Crippen LogP contribution in [0.15, 0.2) is 24.3 Å². The number of alkyl halides is 1. The van der Waals surface area contributed by atoms with Crippen LogP contribution in [-0.2, 0) is 6.42 Å². The smallest absolute Gasteiger partial charge is 0.252 e. The summed E-state index contributed by atoms with van der Waals surface area (Å²) in [4.78, 5) is 17.1. The van der Waals surface area contributed by atoms with Gasteiger partial charge < -0.3 is 10.6 Å². The first kappa shape index (κ1) is 15.9. The summed E-state index contributed by atoms with van der Waals surface area (Å²) in [7, 11) is 0.